The number of nitrogens with two attached hydrogens (primary N) is 1. The summed E-state index contributed by atoms with van der Waals surface area (Å²) in [5.41, 5.74) is 5.93. The highest BCUT2D eigenvalue weighted by Gasteiger charge is 2.45. The Morgan fingerprint density at radius 3 is 2.68 bits per heavy atom. The van der Waals surface area contributed by atoms with Gasteiger partial charge in [0.2, 0.25) is 11.8 Å². The summed E-state index contributed by atoms with van der Waals surface area (Å²) in [4.78, 5) is 52.4. The molecule has 4 N–H and O–H groups in total. The number of β-amino-alcohol motifs (C(OH)–C–C–N with tert-alkyl or cyclic N) is 1. The lowest BCUT2D eigenvalue weighted by Crippen LogP contribution is -2.54. The van der Waals surface area contributed by atoms with E-state index in [0.717, 1.165) is 4.90 Å². The second-order valence-electron chi connectivity index (χ2n) is 7.68. The van der Waals surface area contributed by atoms with E-state index in [-0.39, 0.29) is 24.9 Å². The molecule has 3 aliphatic heterocycles. The largest absolute Gasteiger partial charge is 0.387 e. The van der Waals surface area contributed by atoms with Crippen LogP contribution in [0.1, 0.15) is 45.5 Å². The van der Waals surface area contributed by atoms with E-state index >= 15 is 0 Å². The zero-order valence-electron chi connectivity index (χ0n) is 15.3. The van der Waals surface area contributed by atoms with Gasteiger partial charge in [0.05, 0.1) is 16.7 Å². The molecular formula is C19H22N4O5. The molecule has 2 atom stereocenters. The Labute approximate surface area is 161 Å². The molecule has 148 valence electrons. The average Bonchev–Trinajstić information content (AvgIpc) is 3.15. The molecule has 0 spiro atoms. The Kier molecular flexibility index (Phi) is 4.53. The minimum Gasteiger partial charge on any atom is -0.387 e. The fourth-order valence-electron chi connectivity index (χ4n) is 4.20. The van der Waals surface area contributed by atoms with Gasteiger partial charge in [0, 0.05) is 32.6 Å². The molecule has 4 rings (SSSR count). The van der Waals surface area contributed by atoms with Crippen LogP contribution in [0.25, 0.3) is 0 Å². The zero-order valence-corrected chi connectivity index (χ0v) is 15.3. The van der Waals surface area contributed by atoms with Gasteiger partial charge in [-0.2, -0.15) is 0 Å². The molecule has 2 fully saturated rings. The van der Waals surface area contributed by atoms with Crippen LogP contribution in [0.5, 0.6) is 0 Å². The van der Waals surface area contributed by atoms with Crippen LogP contribution in [0.2, 0.25) is 0 Å². The number of carbonyl (C=O) groups is 4. The SMILES string of the molecule is NCC1(O)CCN(Cc2cccc3c2C(=O)N(C2CCC(=O)NC2=O)C3=O)C1. The number of fused-ring (bicyclic) bond motifs is 1. The van der Waals surface area contributed by atoms with E-state index < -0.39 is 35.3 Å². The third-order valence-corrected chi connectivity index (χ3v) is 5.74. The summed E-state index contributed by atoms with van der Waals surface area (Å²) in [6.45, 7) is 1.59. The minimum atomic E-state index is -0.980. The van der Waals surface area contributed by atoms with Gasteiger partial charge in [0.25, 0.3) is 11.8 Å². The van der Waals surface area contributed by atoms with E-state index in [1.807, 2.05) is 4.90 Å². The lowest BCUT2D eigenvalue weighted by Gasteiger charge is -2.28. The molecule has 2 saturated heterocycles. The van der Waals surface area contributed by atoms with Crippen molar-refractivity contribution in [2.24, 2.45) is 5.73 Å². The molecule has 28 heavy (non-hydrogen) atoms. The van der Waals surface area contributed by atoms with Crippen molar-refractivity contribution in [2.75, 3.05) is 19.6 Å². The van der Waals surface area contributed by atoms with Gasteiger partial charge in [-0.25, -0.2) is 0 Å². The quantitative estimate of drug-likeness (QED) is 0.564. The topological polar surface area (TPSA) is 133 Å². The normalized spacial score (nSPS) is 28.1. The Hall–Kier alpha value is -2.62. The Balaban J connectivity index is 1.60. The summed E-state index contributed by atoms with van der Waals surface area (Å²) in [5, 5.41) is 12.5. The van der Waals surface area contributed by atoms with Crippen LogP contribution in [0.4, 0.5) is 0 Å². The van der Waals surface area contributed by atoms with Crippen LogP contribution < -0.4 is 11.1 Å². The number of nitrogens with one attached hydrogen (secondary N) is 1. The number of carbonyl (C=O) groups excluding carboxylic acids is 4. The number of amides is 4. The van der Waals surface area contributed by atoms with Crippen molar-refractivity contribution in [3.63, 3.8) is 0 Å². The van der Waals surface area contributed by atoms with Gasteiger partial charge in [0.15, 0.2) is 0 Å². The molecule has 2 unspecified atom stereocenters. The molecule has 4 amide bonds. The van der Waals surface area contributed by atoms with Crippen molar-refractivity contribution in [1.29, 1.82) is 0 Å². The maximum atomic E-state index is 13.1. The number of piperidine rings is 1. The number of aliphatic hydroxyl groups is 1. The summed E-state index contributed by atoms with van der Waals surface area (Å²) >= 11 is 0. The second kappa shape index (κ2) is 6.77. The number of benzene rings is 1. The van der Waals surface area contributed by atoms with Gasteiger partial charge >= 0.3 is 0 Å². The Bertz CT molecular complexity index is 885. The number of hydrogen-bond acceptors (Lipinski definition) is 7. The van der Waals surface area contributed by atoms with Crippen LogP contribution in [-0.2, 0) is 16.1 Å². The molecule has 3 aliphatic rings. The molecule has 0 aromatic heterocycles. The van der Waals surface area contributed by atoms with E-state index in [4.69, 9.17) is 5.73 Å². The molecule has 9 nitrogen and oxygen atoms in total. The first kappa shape index (κ1) is 18.7. The highest BCUT2D eigenvalue weighted by Crippen LogP contribution is 2.31. The Morgan fingerprint density at radius 1 is 1.21 bits per heavy atom. The maximum Gasteiger partial charge on any atom is 0.262 e. The summed E-state index contributed by atoms with van der Waals surface area (Å²) in [5.74, 6) is -2.06. The van der Waals surface area contributed by atoms with E-state index in [0.29, 0.717) is 37.2 Å². The van der Waals surface area contributed by atoms with Crippen molar-refractivity contribution < 1.29 is 24.3 Å². The third-order valence-electron chi connectivity index (χ3n) is 5.74. The number of hydrogen-bond donors (Lipinski definition) is 3. The summed E-state index contributed by atoms with van der Waals surface area (Å²) in [6, 6.07) is 4.08. The molecule has 0 aliphatic carbocycles. The number of imide groups is 2. The van der Waals surface area contributed by atoms with E-state index in [2.05, 4.69) is 5.32 Å². The number of likely N-dealkylation sites (tertiary alicyclic amines) is 1. The number of nitrogens with zero attached hydrogens (tertiary/aromatic N) is 2. The highest BCUT2D eigenvalue weighted by molar-refractivity contribution is 6.24. The summed E-state index contributed by atoms with van der Waals surface area (Å²) in [6.07, 6.45) is 0.761. The summed E-state index contributed by atoms with van der Waals surface area (Å²) in [7, 11) is 0. The standard InChI is InChI=1S/C19H22N4O5/c20-9-19(28)6-7-22(10-19)8-11-2-1-3-12-15(11)18(27)23(17(12)26)13-4-5-14(24)21-16(13)25/h1-3,13,28H,4-10,20H2,(H,21,24,25). The monoisotopic (exact) mass is 386 g/mol. The van der Waals surface area contributed by atoms with Gasteiger partial charge in [-0.3, -0.25) is 34.3 Å². The first-order valence-electron chi connectivity index (χ1n) is 9.31. The predicted molar refractivity (Wildman–Crippen MR) is 97.0 cm³/mol. The van der Waals surface area contributed by atoms with E-state index in [9.17, 15) is 24.3 Å². The fraction of sp³-hybridized carbons (Fsp3) is 0.474. The highest BCUT2D eigenvalue weighted by atomic mass is 16.3. The van der Waals surface area contributed by atoms with Crippen molar-refractivity contribution in [3.8, 4) is 0 Å². The number of rotatable bonds is 4. The third kappa shape index (κ3) is 3.01. The smallest absolute Gasteiger partial charge is 0.262 e. The lowest BCUT2D eigenvalue weighted by atomic mass is 10.0. The first-order chi connectivity index (χ1) is 13.3. The summed E-state index contributed by atoms with van der Waals surface area (Å²) < 4.78 is 0. The van der Waals surface area contributed by atoms with Gasteiger partial charge in [-0.15, -0.1) is 0 Å². The Morgan fingerprint density at radius 2 is 2.00 bits per heavy atom. The zero-order chi connectivity index (χ0) is 20.1. The second-order valence-corrected chi connectivity index (χ2v) is 7.68. The molecule has 1 aromatic rings. The van der Waals surface area contributed by atoms with Crippen molar-refractivity contribution in [3.05, 3.63) is 34.9 Å². The van der Waals surface area contributed by atoms with Crippen molar-refractivity contribution >= 4 is 23.6 Å². The van der Waals surface area contributed by atoms with Crippen LogP contribution in [0.3, 0.4) is 0 Å². The molecule has 3 heterocycles. The molecular weight excluding hydrogens is 364 g/mol. The van der Waals surface area contributed by atoms with E-state index in [1.54, 1.807) is 18.2 Å². The lowest BCUT2D eigenvalue weighted by molar-refractivity contribution is -0.136. The van der Waals surface area contributed by atoms with Crippen LogP contribution in [0.15, 0.2) is 18.2 Å². The van der Waals surface area contributed by atoms with Gasteiger partial charge in [-0.1, -0.05) is 12.1 Å². The van der Waals surface area contributed by atoms with Crippen LogP contribution in [-0.4, -0.2) is 69.8 Å². The van der Waals surface area contributed by atoms with Crippen LogP contribution in [0, 0.1) is 0 Å². The molecule has 0 radical (unpaired) electrons. The molecule has 9 heteroatoms. The van der Waals surface area contributed by atoms with Crippen molar-refractivity contribution in [1.82, 2.24) is 15.1 Å². The maximum absolute atomic E-state index is 13.1. The van der Waals surface area contributed by atoms with Gasteiger partial charge in [-0.05, 0) is 24.5 Å². The molecule has 1 aromatic carbocycles. The van der Waals surface area contributed by atoms with Gasteiger partial charge < -0.3 is 10.8 Å². The first-order valence-corrected chi connectivity index (χ1v) is 9.31. The van der Waals surface area contributed by atoms with Crippen molar-refractivity contribution in [2.45, 2.75) is 37.5 Å². The van der Waals surface area contributed by atoms with Crippen LogP contribution >= 0.6 is 0 Å². The fourth-order valence-corrected chi connectivity index (χ4v) is 4.20. The minimum absolute atomic E-state index is 0.0854. The molecule has 0 saturated carbocycles. The van der Waals surface area contributed by atoms with E-state index in [1.165, 1.54) is 0 Å². The molecule has 0 bridgehead atoms. The predicted octanol–water partition coefficient (Wildman–Crippen LogP) is -1.02. The van der Waals surface area contributed by atoms with Gasteiger partial charge in [0.1, 0.15) is 6.04 Å². The average molecular weight is 386 g/mol.